The standard InChI is InChI=1S/C20H31F2N/c1-4-5-6-7-17-8-10-18(11-9-17)16-19(23(2)3)12-14-20(21,22)15-13-19/h8-11H,4-7,12-16H2,1-3H3. The Hall–Kier alpha value is -0.960. The van der Waals surface area contributed by atoms with Crippen molar-refractivity contribution in [2.75, 3.05) is 14.1 Å². The van der Waals surface area contributed by atoms with Gasteiger partial charge in [-0.15, -0.1) is 0 Å². The van der Waals surface area contributed by atoms with Crippen LogP contribution in [0, 0.1) is 0 Å². The predicted molar refractivity (Wildman–Crippen MR) is 93.2 cm³/mol. The van der Waals surface area contributed by atoms with Crippen molar-refractivity contribution in [1.29, 1.82) is 0 Å². The van der Waals surface area contributed by atoms with E-state index in [1.165, 1.54) is 30.4 Å². The summed E-state index contributed by atoms with van der Waals surface area (Å²) in [6.45, 7) is 2.22. The molecule has 0 saturated heterocycles. The highest BCUT2D eigenvalue weighted by Gasteiger charge is 2.44. The maximum atomic E-state index is 13.5. The molecule has 0 aliphatic heterocycles. The van der Waals surface area contributed by atoms with Crippen molar-refractivity contribution in [3.63, 3.8) is 0 Å². The third-order valence-corrected chi connectivity index (χ3v) is 5.49. The first-order chi connectivity index (χ1) is 10.9. The van der Waals surface area contributed by atoms with Crippen molar-refractivity contribution < 1.29 is 8.78 Å². The van der Waals surface area contributed by atoms with Gasteiger partial charge in [-0.25, -0.2) is 8.78 Å². The van der Waals surface area contributed by atoms with E-state index in [0.29, 0.717) is 12.8 Å². The lowest BCUT2D eigenvalue weighted by atomic mass is 9.75. The molecule has 3 heteroatoms. The first kappa shape index (κ1) is 18.4. The van der Waals surface area contributed by atoms with Crippen molar-refractivity contribution in [3.05, 3.63) is 35.4 Å². The quantitative estimate of drug-likeness (QED) is 0.601. The molecular weight excluding hydrogens is 292 g/mol. The summed E-state index contributed by atoms with van der Waals surface area (Å²) in [5, 5.41) is 0. The number of halogens is 2. The molecule has 1 aliphatic rings. The number of nitrogens with zero attached hydrogens (tertiary/aromatic N) is 1. The second-order valence-electron chi connectivity index (χ2n) is 7.43. The summed E-state index contributed by atoms with van der Waals surface area (Å²) in [6, 6.07) is 8.82. The molecular formula is C20H31F2N. The van der Waals surface area contributed by atoms with Gasteiger partial charge in [0, 0.05) is 18.4 Å². The Bertz CT molecular complexity index is 469. The zero-order chi connectivity index (χ0) is 16.9. The Morgan fingerprint density at radius 3 is 2.00 bits per heavy atom. The smallest absolute Gasteiger partial charge is 0.248 e. The molecule has 1 aromatic carbocycles. The Labute approximate surface area is 140 Å². The van der Waals surface area contributed by atoms with Crippen molar-refractivity contribution >= 4 is 0 Å². The van der Waals surface area contributed by atoms with Crippen LogP contribution in [-0.2, 0) is 12.8 Å². The highest BCUT2D eigenvalue weighted by molar-refractivity contribution is 5.25. The van der Waals surface area contributed by atoms with Crippen LogP contribution in [0.15, 0.2) is 24.3 Å². The van der Waals surface area contributed by atoms with Gasteiger partial charge < -0.3 is 4.90 Å². The summed E-state index contributed by atoms with van der Waals surface area (Å²) in [7, 11) is 4.06. The van der Waals surface area contributed by atoms with Crippen molar-refractivity contribution in [2.24, 2.45) is 0 Å². The highest BCUT2D eigenvalue weighted by atomic mass is 19.3. The monoisotopic (exact) mass is 323 g/mol. The van der Waals surface area contributed by atoms with E-state index in [9.17, 15) is 8.78 Å². The molecule has 23 heavy (non-hydrogen) atoms. The number of hydrogen-bond acceptors (Lipinski definition) is 1. The maximum absolute atomic E-state index is 13.5. The summed E-state index contributed by atoms with van der Waals surface area (Å²) in [4.78, 5) is 2.16. The number of alkyl halides is 2. The van der Waals surface area contributed by atoms with Crippen molar-refractivity contribution in [3.8, 4) is 0 Å². The van der Waals surface area contributed by atoms with Gasteiger partial charge in [0.1, 0.15) is 0 Å². The minimum atomic E-state index is -2.47. The minimum Gasteiger partial charge on any atom is -0.303 e. The van der Waals surface area contributed by atoms with E-state index >= 15 is 0 Å². The zero-order valence-corrected chi connectivity index (χ0v) is 14.9. The number of rotatable bonds is 7. The lowest BCUT2D eigenvalue weighted by Gasteiger charge is -2.45. The van der Waals surface area contributed by atoms with Crippen LogP contribution in [0.2, 0.25) is 0 Å². The lowest BCUT2D eigenvalue weighted by Crippen LogP contribution is -2.50. The van der Waals surface area contributed by atoms with E-state index in [-0.39, 0.29) is 18.4 Å². The van der Waals surface area contributed by atoms with E-state index in [4.69, 9.17) is 0 Å². The molecule has 0 heterocycles. The first-order valence-electron chi connectivity index (χ1n) is 9.00. The van der Waals surface area contributed by atoms with E-state index in [2.05, 4.69) is 36.1 Å². The Kier molecular flexibility index (Phi) is 6.19. The zero-order valence-electron chi connectivity index (χ0n) is 14.9. The molecule has 0 amide bonds. The summed E-state index contributed by atoms with van der Waals surface area (Å²) < 4.78 is 27.1. The third kappa shape index (κ3) is 5.00. The first-order valence-corrected chi connectivity index (χ1v) is 9.00. The van der Waals surface area contributed by atoms with Gasteiger partial charge >= 0.3 is 0 Å². The fraction of sp³-hybridized carbons (Fsp3) is 0.700. The number of hydrogen-bond donors (Lipinski definition) is 0. The second kappa shape index (κ2) is 7.74. The van der Waals surface area contributed by atoms with Gasteiger partial charge in [-0.3, -0.25) is 0 Å². The van der Waals surface area contributed by atoms with E-state index in [0.717, 1.165) is 12.8 Å². The molecule has 2 rings (SSSR count). The van der Waals surface area contributed by atoms with Crippen LogP contribution >= 0.6 is 0 Å². The molecule has 0 N–H and O–H groups in total. The fourth-order valence-corrected chi connectivity index (χ4v) is 3.65. The SMILES string of the molecule is CCCCCc1ccc(CC2(N(C)C)CCC(F)(F)CC2)cc1. The van der Waals surface area contributed by atoms with Crippen LogP contribution in [-0.4, -0.2) is 30.5 Å². The normalized spacial score (nSPS) is 19.9. The molecule has 0 bridgehead atoms. The van der Waals surface area contributed by atoms with Crippen LogP contribution in [0.5, 0.6) is 0 Å². The number of likely N-dealkylation sites (N-methyl/N-ethyl adjacent to an activating group) is 1. The van der Waals surface area contributed by atoms with Gasteiger partial charge in [0.15, 0.2) is 0 Å². The van der Waals surface area contributed by atoms with Gasteiger partial charge in [0.25, 0.3) is 0 Å². The van der Waals surface area contributed by atoms with E-state index in [1.807, 2.05) is 14.1 Å². The van der Waals surface area contributed by atoms with Crippen molar-refractivity contribution in [2.45, 2.75) is 76.2 Å². The predicted octanol–water partition coefficient (Wildman–Crippen LogP) is 5.47. The van der Waals surface area contributed by atoms with Crippen LogP contribution in [0.1, 0.15) is 63.0 Å². The molecule has 1 nitrogen and oxygen atoms in total. The second-order valence-corrected chi connectivity index (χ2v) is 7.43. The molecule has 130 valence electrons. The van der Waals surface area contributed by atoms with E-state index in [1.54, 1.807) is 0 Å². The maximum Gasteiger partial charge on any atom is 0.248 e. The van der Waals surface area contributed by atoms with Gasteiger partial charge in [0.2, 0.25) is 5.92 Å². The molecule has 1 fully saturated rings. The topological polar surface area (TPSA) is 3.24 Å². The summed E-state index contributed by atoms with van der Waals surface area (Å²) in [5.41, 5.74) is 2.53. The third-order valence-electron chi connectivity index (χ3n) is 5.49. The average molecular weight is 323 g/mol. The fourth-order valence-electron chi connectivity index (χ4n) is 3.65. The Balaban J connectivity index is 2.00. The molecule has 1 aromatic rings. The number of benzene rings is 1. The summed E-state index contributed by atoms with van der Waals surface area (Å²) in [5.74, 6) is -2.47. The largest absolute Gasteiger partial charge is 0.303 e. The molecule has 0 aromatic heterocycles. The Morgan fingerprint density at radius 1 is 0.913 bits per heavy atom. The summed E-state index contributed by atoms with van der Waals surface area (Å²) >= 11 is 0. The molecule has 0 radical (unpaired) electrons. The molecule has 0 atom stereocenters. The molecule has 0 spiro atoms. The Morgan fingerprint density at radius 2 is 1.48 bits per heavy atom. The van der Waals surface area contributed by atoms with Crippen LogP contribution in [0.4, 0.5) is 8.78 Å². The summed E-state index contributed by atoms with van der Waals surface area (Å²) in [6.07, 6.45) is 6.95. The van der Waals surface area contributed by atoms with Crippen molar-refractivity contribution in [1.82, 2.24) is 4.90 Å². The van der Waals surface area contributed by atoms with E-state index < -0.39 is 5.92 Å². The van der Waals surface area contributed by atoms with Crippen LogP contribution < -0.4 is 0 Å². The van der Waals surface area contributed by atoms with Gasteiger partial charge in [0.05, 0.1) is 0 Å². The molecule has 1 saturated carbocycles. The van der Waals surface area contributed by atoms with Gasteiger partial charge in [-0.1, -0.05) is 44.0 Å². The number of unbranched alkanes of at least 4 members (excludes halogenated alkanes) is 2. The van der Waals surface area contributed by atoms with Gasteiger partial charge in [-0.2, -0.15) is 0 Å². The number of aryl methyl sites for hydroxylation is 1. The average Bonchev–Trinajstić information content (AvgIpc) is 2.51. The van der Waals surface area contributed by atoms with Gasteiger partial charge in [-0.05, 0) is 57.3 Å². The minimum absolute atomic E-state index is 0.0142. The van der Waals surface area contributed by atoms with Crippen LogP contribution in [0.3, 0.4) is 0 Å². The molecule has 0 unspecified atom stereocenters. The molecule has 1 aliphatic carbocycles. The highest BCUT2D eigenvalue weighted by Crippen LogP contribution is 2.42. The van der Waals surface area contributed by atoms with Crippen LogP contribution in [0.25, 0.3) is 0 Å². The lowest BCUT2D eigenvalue weighted by molar-refractivity contribution is -0.0737.